The Balaban J connectivity index is 1.48. The van der Waals surface area contributed by atoms with Crippen LogP contribution in [0.15, 0.2) is 47.5 Å². The third-order valence-electron chi connectivity index (χ3n) is 5.97. The first kappa shape index (κ1) is 17.3. The third-order valence-corrected chi connectivity index (χ3v) is 5.97. The van der Waals surface area contributed by atoms with E-state index >= 15 is 0 Å². The summed E-state index contributed by atoms with van der Waals surface area (Å²) in [6.07, 6.45) is 1.54. The fourth-order valence-electron chi connectivity index (χ4n) is 4.59. The van der Waals surface area contributed by atoms with Gasteiger partial charge in [-0.15, -0.1) is 0 Å². The van der Waals surface area contributed by atoms with Gasteiger partial charge in [0.1, 0.15) is 0 Å². The van der Waals surface area contributed by atoms with E-state index in [9.17, 15) is 0 Å². The number of hydrogen-bond donors (Lipinski definition) is 2. The monoisotopic (exact) mass is 351 g/mol. The number of nitrogens with one attached hydrogen (secondary N) is 2. The van der Waals surface area contributed by atoms with Gasteiger partial charge in [0.05, 0.1) is 12.6 Å². The number of aliphatic imine (C=N–C) groups is 1. The Morgan fingerprint density at radius 1 is 1.19 bits per heavy atom. The first-order chi connectivity index (χ1) is 12.6. The lowest BCUT2D eigenvalue weighted by Gasteiger charge is -2.54. The third kappa shape index (κ3) is 3.07. The highest BCUT2D eigenvalue weighted by Crippen LogP contribution is 2.52. The number of fused-ring (bicyclic) bond motifs is 2. The largest absolute Gasteiger partial charge is 0.377 e. The van der Waals surface area contributed by atoms with Crippen molar-refractivity contribution in [2.45, 2.75) is 45.9 Å². The Bertz CT molecular complexity index is 814. The predicted octanol–water partition coefficient (Wildman–Crippen LogP) is 3.71. The average molecular weight is 351 g/mol. The van der Waals surface area contributed by atoms with Gasteiger partial charge in [0.15, 0.2) is 5.96 Å². The summed E-state index contributed by atoms with van der Waals surface area (Å²) in [5, 5.41) is 9.63. The standard InChI is InChI=1S/C22H29N3O/c1-4-23-21(25-19-18-11-12-26-20(18)22(19,2)3)24-14-15-9-10-16-7-5-6-8-17(16)13-15/h5-10,13,18-20H,4,11-12,14H2,1-3H3,(H2,23,24,25). The summed E-state index contributed by atoms with van der Waals surface area (Å²) in [5.41, 5.74) is 1.39. The minimum atomic E-state index is 0.153. The van der Waals surface area contributed by atoms with E-state index < -0.39 is 0 Å². The van der Waals surface area contributed by atoms with E-state index in [2.05, 4.69) is 73.9 Å². The Labute approximate surface area is 156 Å². The first-order valence-corrected chi connectivity index (χ1v) is 9.73. The minimum Gasteiger partial charge on any atom is -0.377 e. The Hall–Kier alpha value is -2.07. The van der Waals surface area contributed by atoms with Gasteiger partial charge < -0.3 is 15.4 Å². The molecule has 26 heavy (non-hydrogen) atoms. The quantitative estimate of drug-likeness (QED) is 0.652. The molecule has 3 atom stereocenters. The number of nitrogens with zero attached hydrogens (tertiary/aromatic N) is 1. The van der Waals surface area contributed by atoms with Gasteiger partial charge in [0.2, 0.25) is 0 Å². The number of ether oxygens (including phenoxy) is 1. The lowest BCUT2D eigenvalue weighted by molar-refractivity contribution is -0.106. The van der Waals surface area contributed by atoms with Crippen molar-refractivity contribution in [3.63, 3.8) is 0 Å². The van der Waals surface area contributed by atoms with E-state index in [0.717, 1.165) is 25.5 Å². The highest BCUT2D eigenvalue weighted by molar-refractivity contribution is 5.83. The maximum absolute atomic E-state index is 5.91. The minimum absolute atomic E-state index is 0.153. The van der Waals surface area contributed by atoms with Gasteiger partial charge in [-0.3, -0.25) is 0 Å². The van der Waals surface area contributed by atoms with E-state index in [0.29, 0.717) is 24.6 Å². The van der Waals surface area contributed by atoms with Gasteiger partial charge in [0.25, 0.3) is 0 Å². The number of hydrogen-bond acceptors (Lipinski definition) is 2. The molecule has 138 valence electrons. The van der Waals surface area contributed by atoms with E-state index in [1.54, 1.807) is 0 Å². The summed E-state index contributed by atoms with van der Waals surface area (Å²) in [5.74, 6) is 1.51. The average Bonchev–Trinajstić information content (AvgIpc) is 3.11. The van der Waals surface area contributed by atoms with Crippen LogP contribution in [0.25, 0.3) is 10.8 Å². The molecule has 1 saturated carbocycles. The molecule has 2 N–H and O–H groups in total. The van der Waals surface area contributed by atoms with Gasteiger partial charge in [-0.25, -0.2) is 4.99 Å². The molecular weight excluding hydrogens is 322 g/mol. The highest BCUT2D eigenvalue weighted by atomic mass is 16.5. The van der Waals surface area contributed by atoms with Crippen LogP contribution in [-0.4, -0.2) is 31.3 Å². The summed E-state index contributed by atoms with van der Waals surface area (Å²) in [6.45, 7) is 9.13. The summed E-state index contributed by atoms with van der Waals surface area (Å²) in [7, 11) is 0. The van der Waals surface area contributed by atoms with E-state index in [1.807, 2.05) is 0 Å². The Morgan fingerprint density at radius 3 is 2.81 bits per heavy atom. The van der Waals surface area contributed by atoms with E-state index in [1.165, 1.54) is 16.3 Å². The van der Waals surface area contributed by atoms with Crippen LogP contribution in [0.3, 0.4) is 0 Å². The molecule has 0 spiro atoms. The fraction of sp³-hybridized carbons (Fsp3) is 0.500. The summed E-state index contributed by atoms with van der Waals surface area (Å²) >= 11 is 0. The van der Waals surface area contributed by atoms with Crippen LogP contribution in [-0.2, 0) is 11.3 Å². The normalized spacial score (nSPS) is 27.0. The zero-order valence-electron chi connectivity index (χ0n) is 16.0. The van der Waals surface area contributed by atoms with Crippen LogP contribution in [0.2, 0.25) is 0 Å². The van der Waals surface area contributed by atoms with Crippen molar-refractivity contribution in [3.8, 4) is 0 Å². The summed E-state index contributed by atoms with van der Waals surface area (Å²) in [6, 6.07) is 15.5. The van der Waals surface area contributed by atoms with Gasteiger partial charge in [-0.2, -0.15) is 0 Å². The van der Waals surface area contributed by atoms with Crippen LogP contribution < -0.4 is 10.6 Å². The van der Waals surface area contributed by atoms with Gasteiger partial charge in [-0.05, 0) is 35.7 Å². The van der Waals surface area contributed by atoms with E-state index in [4.69, 9.17) is 9.73 Å². The SMILES string of the molecule is CCNC(=NCc1ccc2ccccc2c1)NC1C2CCOC2C1(C)C. The topological polar surface area (TPSA) is 45.7 Å². The number of benzene rings is 2. The number of rotatable bonds is 4. The van der Waals surface area contributed by atoms with Crippen LogP contribution in [0, 0.1) is 11.3 Å². The first-order valence-electron chi connectivity index (χ1n) is 9.73. The van der Waals surface area contributed by atoms with Crippen LogP contribution >= 0.6 is 0 Å². The highest BCUT2D eigenvalue weighted by Gasteiger charge is 2.59. The van der Waals surface area contributed by atoms with Gasteiger partial charge >= 0.3 is 0 Å². The predicted molar refractivity (Wildman–Crippen MR) is 107 cm³/mol. The lowest BCUT2D eigenvalue weighted by atomic mass is 9.57. The second-order valence-corrected chi connectivity index (χ2v) is 8.06. The van der Waals surface area contributed by atoms with Crippen molar-refractivity contribution in [1.82, 2.24) is 10.6 Å². The molecule has 1 aliphatic heterocycles. The molecule has 1 heterocycles. The van der Waals surface area contributed by atoms with Crippen molar-refractivity contribution in [2.24, 2.45) is 16.3 Å². The molecule has 2 aliphatic rings. The molecule has 4 rings (SSSR count). The van der Waals surface area contributed by atoms with Crippen LogP contribution in [0.4, 0.5) is 0 Å². The molecular formula is C22H29N3O. The second-order valence-electron chi connectivity index (χ2n) is 8.06. The molecule has 3 unspecified atom stereocenters. The number of guanidine groups is 1. The van der Waals surface area contributed by atoms with Crippen molar-refractivity contribution in [2.75, 3.05) is 13.2 Å². The van der Waals surface area contributed by atoms with Crippen LogP contribution in [0.5, 0.6) is 0 Å². The zero-order chi connectivity index (χ0) is 18.1. The summed E-state index contributed by atoms with van der Waals surface area (Å²) in [4.78, 5) is 4.85. The van der Waals surface area contributed by atoms with E-state index in [-0.39, 0.29) is 5.41 Å². The molecule has 1 aliphatic carbocycles. The lowest BCUT2D eigenvalue weighted by Crippen LogP contribution is -2.67. The van der Waals surface area contributed by atoms with Crippen molar-refractivity contribution in [1.29, 1.82) is 0 Å². The molecule has 1 saturated heterocycles. The maximum Gasteiger partial charge on any atom is 0.191 e. The van der Waals surface area contributed by atoms with Crippen LogP contribution in [0.1, 0.15) is 32.8 Å². The molecule has 0 bridgehead atoms. The zero-order valence-corrected chi connectivity index (χ0v) is 16.0. The molecule has 4 nitrogen and oxygen atoms in total. The maximum atomic E-state index is 5.91. The van der Waals surface area contributed by atoms with Gasteiger partial charge in [0, 0.05) is 30.5 Å². The smallest absolute Gasteiger partial charge is 0.191 e. The molecule has 2 aromatic rings. The van der Waals surface area contributed by atoms with Crippen molar-refractivity contribution >= 4 is 16.7 Å². The molecule has 2 fully saturated rings. The fourth-order valence-corrected chi connectivity index (χ4v) is 4.59. The second kappa shape index (κ2) is 6.92. The van der Waals surface area contributed by atoms with Gasteiger partial charge in [-0.1, -0.05) is 50.2 Å². The van der Waals surface area contributed by atoms with Crippen molar-refractivity contribution in [3.05, 3.63) is 48.0 Å². The Kier molecular flexibility index (Phi) is 4.62. The summed E-state index contributed by atoms with van der Waals surface area (Å²) < 4.78 is 5.91. The molecule has 4 heteroatoms. The molecule has 2 aromatic carbocycles. The molecule has 0 radical (unpaired) electrons. The molecule has 0 amide bonds. The van der Waals surface area contributed by atoms with Crippen molar-refractivity contribution < 1.29 is 4.74 Å². The molecule has 0 aromatic heterocycles. The Morgan fingerprint density at radius 2 is 2.00 bits per heavy atom.